The Balaban J connectivity index is 1.62. The van der Waals surface area contributed by atoms with Crippen LogP contribution in [0.2, 0.25) is 15.1 Å². The van der Waals surface area contributed by atoms with Crippen molar-refractivity contribution in [1.82, 2.24) is 0 Å². The normalized spacial score (nSPS) is 13.1. The monoisotopic (exact) mass is 1280 g/mol. The Labute approximate surface area is 467 Å². The molecule has 6 rings (SSSR count). The average Bonchev–Trinajstić information content (AvgIpc) is 2.64. The van der Waals surface area contributed by atoms with E-state index in [1.165, 1.54) is 0 Å². The minimum absolute atomic E-state index is 0.0626. The standard InChI is InChI=1S/C49H29Cl3F18N3O9P/c1-3-83(82-78-22(2)74,79-38-7-4-29(50)19-35(38)41(75)71-32-13-23(44(53,54)55)10-24(14-32)45(56,57)58,80-39-8-5-30(51)20-36(39)42(76)72-33-15-25(46(59,60)61)11-26(16-33)47(62,63)64)81-40-9-6-31(52)21-37(40)43(77)73-34-17-27(48(65,66)67)12-28(18-34)49(68,69)70/h4-21H,3H2,1-2H3,(H,71,75)(H,72,76)(H,73,77). The minimum atomic E-state index is -6.92. The van der Waals surface area contributed by atoms with Crippen LogP contribution in [0.15, 0.2) is 109 Å². The Morgan fingerprint density at radius 1 is 0.398 bits per heavy atom. The van der Waals surface area contributed by atoms with Gasteiger partial charge in [0.1, 0.15) is 0 Å². The van der Waals surface area contributed by atoms with Crippen molar-refractivity contribution >= 4 is 83.1 Å². The van der Waals surface area contributed by atoms with Gasteiger partial charge in [0, 0.05) is 0 Å². The fourth-order valence-corrected chi connectivity index (χ4v) is 10.1. The number of halogens is 21. The third kappa shape index (κ3) is 16.0. The summed E-state index contributed by atoms with van der Waals surface area (Å²) in [5.74, 6) is -9.93. The number of carbonyl (C=O) groups is 4. The molecule has 0 aliphatic carbocycles. The van der Waals surface area contributed by atoms with Gasteiger partial charge in [-0.05, 0) is 0 Å². The Morgan fingerprint density at radius 2 is 0.627 bits per heavy atom. The molecule has 6 aromatic carbocycles. The first-order chi connectivity index (χ1) is 38.0. The van der Waals surface area contributed by atoms with Crippen LogP contribution in [0.25, 0.3) is 0 Å². The number of anilines is 3. The summed E-state index contributed by atoms with van der Waals surface area (Å²) in [6, 6.07) is 6.03. The van der Waals surface area contributed by atoms with Gasteiger partial charge in [-0.1, -0.05) is 0 Å². The zero-order valence-electron chi connectivity index (χ0n) is 40.7. The molecule has 83 heavy (non-hydrogen) atoms. The van der Waals surface area contributed by atoms with Crippen molar-refractivity contribution in [3.05, 3.63) is 174 Å². The van der Waals surface area contributed by atoms with E-state index in [0.717, 1.165) is 25.1 Å². The number of hydrogen-bond donors (Lipinski definition) is 3. The van der Waals surface area contributed by atoms with Crippen molar-refractivity contribution in [2.45, 2.75) is 50.9 Å². The molecular weight excluding hydrogens is 1250 g/mol. The number of alkyl halides is 18. The van der Waals surface area contributed by atoms with Gasteiger partial charge in [0.05, 0.1) is 0 Å². The molecule has 446 valence electrons. The molecule has 12 nitrogen and oxygen atoms in total. The summed E-state index contributed by atoms with van der Waals surface area (Å²) >= 11 is 18.6. The summed E-state index contributed by atoms with van der Waals surface area (Å²) in [7, 11) is -6.92. The van der Waals surface area contributed by atoms with Gasteiger partial charge in [-0.3, -0.25) is 0 Å². The molecule has 0 aromatic heterocycles. The number of benzene rings is 6. The van der Waals surface area contributed by atoms with Crippen LogP contribution in [-0.2, 0) is 51.4 Å². The summed E-state index contributed by atoms with van der Waals surface area (Å²) < 4.78 is 275. The van der Waals surface area contributed by atoms with E-state index in [0.29, 0.717) is 43.3 Å². The predicted molar refractivity (Wildman–Crippen MR) is 260 cm³/mol. The van der Waals surface area contributed by atoms with Crippen LogP contribution in [0.3, 0.4) is 0 Å². The van der Waals surface area contributed by atoms with E-state index in [1.807, 2.05) is 0 Å². The van der Waals surface area contributed by atoms with Gasteiger partial charge in [-0.2, -0.15) is 0 Å². The van der Waals surface area contributed by atoms with E-state index < -0.39 is 174 Å². The quantitative estimate of drug-likeness (QED) is 0.0395. The van der Waals surface area contributed by atoms with Gasteiger partial charge in [-0.15, -0.1) is 0 Å². The first-order valence-corrected chi connectivity index (χ1v) is 25.4. The van der Waals surface area contributed by atoms with E-state index in [-0.39, 0.29) is 54.6 Å². The Hall–Kier alpha value is -7.40. The van der Waals surface area contributed by atoms with Gasteiger partial charge in [0.2, 0.25) is 0 Å². The van der Waals surface area contributed by atoms with Crippen molar-refractivity contribution in [3.8, 4) is 17.2 Å². The SMILES string of the molecule is CCP(OOC(C)=O)(Oc1ccc(Cl)cc1C(=O)Nc1cc(C(F)(F)F)cc(C(F)(F)F)c1)(Oc1ccc(Cl)cc1C(=O)Nc1cc(C(F)(F)F)cc(C(F)(F)F)c1)Oc1ccc(Cl)cc1C(=O)Nc1cc(C(F)(F)F)cc(C(F)(F)F)c1. The van der Waals surface area contributed by atoms with Crippen molar-refractivity contribution in [2.24, 2.45) is 0 Å². The first kappa shape index (κ1) is 64.8. The van der Waals surface area contributed by atoms with E-state index in [4.69, 9.17) is 57.9 Å². The van der Waals surface area contributed by atoms with E-state index >= 15 is 0 Å². The van der Waals surface area contributed by atoms with Crippen LogP contribution in [0.1, 0.15) is 78.3 Å². The maximum atomic E-state index is 14.2. The van der Waals surface area contributed by atoms with Crippen molar-refractivity contribution in [1.29, 1.82) is 0 Å². The zero-order chi connectivity index (χ0) is 62.2. The summed E-state index contributed by atoms with van der Waals surface area (Å²) in [5, 5.41) is 3.91. The molecule has 0 aliphatic heterocycles. The molecule has 0 bridgehead atoms. The van der Waals surface area contributed by atoms with Gasteiger partial charge in [-0.25, -0.2) is 0 Å². The number of amides is 3. The summed E-state index contributed by atoms with van der Waals surface area (Å²) in [6.07, 6.45) is -34.0. The number of carbonyl (C=O) groups excluding carboxylic acids is 4. The number of nitrogens with one attached hydrogen (secondary N) is 3. The third-order valence-electron chi connectivity index (χ3n) is 10.7. The second kappa shape index (κ2) is 23.3. The molecule has 0 fully saturated rings. The van der Waals surface area contributed by atoms with E-state index in [2.05, 4.69) is 0 Å². The van der Waals surface area contributed by atoms with Crippen LogP contribution in [-0.4, -0.2) is 29.9 Å². The van der Waals surface area contributed by atoms with E-state index in [1.54, 1.807) is 16.0 Å². The van der Waals surface area contributed by atoms with E-state index in [9.17, 15) is 98.2 Å². The Kier molecular flexibility index (Phi) is 18.2. The molecule has 6 aromatic rings. The second-order valence-corrected chi connectivity index (χ2v) is 21.4. The summed E-state index contributed by atoms with van der Waals surface area (Å²) in [4.78, 5) is 60.2. The van der Waals surface area contributed by atoms with Gasteiger partial charge >= 0.3 is 469 Å². The fraction of sp³-hybridized carbons (Fsp3) is 0.184. The van der Waals surface area contributed by atoms with Crippen LogP contribution < -0.4 is 29.5 Å². The maximum absolute atomic E-state index is 14.2. The molecule has 0 heterocycles. The van der Waals surface area contributed by atoms with Crippen molar-refractivity contribution in [2.75, 3.05) is 22.1 Å². The van der Waals surface area contributed by atoms with Crippen LogP contribution >= 0.6 is 42.3 Å². The molecular formula is C49H29Cl3F18N3O9P. The molecule has 34 heteroatoms. The first-order valence-electron chi connectivity index (χ1n) is 22.2. The fourth-order valence-electron chi connectivity index (χ4n) is 7.00. The molecule has 3 N–H and O–H groups in total. The Morgan fingerprint density at radius 3 is 0.819 bits per heavy atom. The third-order valence-corrected chi connectivity index (χ3v) is 14.5. The summed E-state index contributed by atoms with van der Waals surface area (Å²) in [6.45, 7) is 1.55. The van der Waals surface area contributed by atoms with Crippen molar-refractivity contribution in [3.63, 3.8) is 0 Å². The van der Waals surface area contributed by atoms with Gasteiger partial charge < -0.3 is 0 Å². The van der Waals surface area contributed by atoms with Crippen LogP contribution in [0, 0.1) is 0 Å². The number of hydrogen-bond acceptors (Lipinski definition) is 9. The molecule has 0 atom stereocenters. The molecule has 0 radical (unpaired) electrons. The molecule has 0 saturated carbocycles. The molecule has 3 amide bonds. The van der Waals surface area contributed by atoms with Crippen LogP contribution in [0.5, 0.6) is 17.2 Å². The molecule has 0 spiro atoms. The average molecular weight is 1280 g/mol. The molecule has 0 saturated heterocycles. The molecule has 0 unspecified atom stereocenters. The zero-order valence-corrected chi connectivity index (χ0v) is 43.8. The summed E-state index contributed by atoms with van der Waals surface area (Å²) in [5.41, 5.74) is -18.4. The second-order valence-electron chi connectivity index (χ2n) is 16.9. The Bertz CT molecular complexity index is 3080. The van der Waals surface area contributed by atoms with Crippen LogP contribution in [0.4, 0.5) is 96.1 Å². The molecule has 0 aliphatic rings. The number of rotatable bonds is 15. The van der Waals surface area contributed by atoms with Crippen molar-refractivity contribution < 1.29 is 121 Å². The van der Waals surface area contributed by atoms with Gasteiger partial charge in [0.15, 0.2) is 0 Å². The predicted octanol–water partition coefficient (Wildman–Crippen LogP) is 17.8. The van der Waals surface area contributed by atoms with Gasteiger partial charge in [0.25, 0.3) is 0 Å². The topological polar surface area (TPSA) is 151 Å².